The second-order valence-electron chi connectivity index (χ2n) is 16.0. The van der Waals surface area contributed by atoms with Crippen molar-refractivity contribution in [1.82, 2.24) is 4.98 Å². The van der Waals surface area contributed by atoms with Crippen LogP contribution in [0.4, 0.5) is 5.69 Å². The van der Waals surface area contributed by atoms with E-state index >= 15 is 0 Å². The normalized spacial score (nSPS) is 15.8. The molecule has 2 aromatic heterocycles. The van der Waals surface area contributed by atoms with Gasteiger partial charge < -0.3 is 4.42 Å². The molecule has 1 unspecified atom stereocenters. The molecule has 0 bridgehead atoms. The van der Waals surface area contributed by atoms with Crippen LogP contribution in [0.5, 0.6) is 0 Å². The van der Waals surface area contributed by atoms with Gasteiger partial charge in [0, 0.05) is 31.4 Å². The van der Waals surface area contributed by atoms with Crippen LogP contribution in [-0.4, -0.2) is 24.0 Å². The summed E-state index contributed by atoms with van der Waals surface area (Å²) in [4.78, 5) is 9.70. The van der Waals surface area contributed by atoms with Crippen molar-refractivity contribution in [2.45, 2.75) is 57.2 Å². The molecular formula is C50H46GeIrN2O-2. The first-order valence-electron chi connectivity index (χ1n) is 20.9. The summed E-state index contributed by atoms with van der Waals surface area (Å²) in [5.74, 6) is 6.72. The summed E-state index contributed by atoms with van der Waals surface area (Å²) in [6, 6.07) is 48.8. The van der Waals surface area contributed by atoms with Crippen LogP contribution in [0.3, 0.4) is 0 Å². The maximum Gasteiger partial charge on any atom is 0.120 e. The smallest absolute Gasteiger partial charge is 0.120 e. The molecule has 1 radical (unpaired) electrons. The minimum atomic E-state index is -2.36. The number of aryl methyl sites for hydroxylation is 1. The van der Waals surface area contributed by atoms with Crippen molar-refractivity contribution in [2.24, 2.45) is 10.4 Å². The molecule has 3 nitrogen and oxygen atoms in total. The first kappa shape index (κ1) is 32.6. The number of benzene rings is 6. The van der Waals surface area contributed by atoms with Gasteiger partial charge in [-0.15, -0.1) is 18.2 Å². The van der Waals surface area contributed by atoms with Gasteiger partial charge in [0.05, 0.1) is 11.3 Å². The van der Waals surface area contributed by atoms with Crippen molar-refractivity contribution in [1.29, 1.82) is 0 Å². The molecule has 1 aliphatic heterocycles. The molecule has 5 heteroatoms. The maximum atomic E-state index is 8.80. The summed E-state index contributed by atoms with van der Waals surface area (Å²) in [6.07, 6.45) is 0.303. The van der Waals surface area contributed by atoms with E-state index in [1.165, 1.54) is 28.0 Å². The zero-order chi connectivity index (χ0) is 41.9. The molecule has 0 saturated carbocycles. The van der Waals surface area contributed by atoms with Gasteiger partial charge in [-0.25, -0.2) is 0 Å². The summed E-state index contributed by atoms with van der Waals surface area (Å²) in [6.45, 7) is 3.55. The summed E-state index contributed by atoms with van der Waals surface area (Å²) in [7, 11) is 0. The van der Waals surface area contributed by atoms with Crippen molar-refractivity contribution in [3.63, 3.8) is 0 Å². The molecule has 277 valence electrons. The van der Waals surface area contributed by atoms with Gasteiger partial charge in [-0.3, -0.25) is 4.99 Å². The molecule has 1 atom stereocenters. The van der Waals surface area contributed by atoms with Crippen LogP contribution in [0.2, 0.25) is 17.3 Å². The first-order valence-corrected chi connectivity index (χ1v) is 25.8. The van der Waals surface area contributed by atoms with E-state index in [0.717, 1.165) is 43.3 Å². The number of nitrogens with zero attached hydrogens (tertiary/aromatic N) is 2. The van der Waals surface area contributed by atoms with Crippen LogP contribution in [0.1, 0.15) is 61.4 Å². The SMILES string of the molecule is [2H]C([2H])([2H])c1c[c-]c(-c2cc(C([2H])([2H])C(C)(C)C)[c]([Ge]([CH3])([CH3])[CH3])cn2)cc1.[Ir].[c-]1ccc2c(oc3ccccc32)c1C1=Nc2ccccc2C1c1cccc2ccccc12. The monoisotopic (exact) mass is 962 g/mol. The van der Waals surface area contributed by atoms with Crippen molar-refractivity contribution >= 4 is 61.8 Å². The van der Waals surface area contributed by atoms with Crippen molar-refractivity contribution in [3.8, 4) is 11.3 Å². The first-order chi connectivity index (χ1) is 27.9. The predicted molar refractivity (Wildman–Crippen MR) is 230 cm³/mol. The number of pyridine rings is 1. The number of rotatable bonds is 5. The van der Waals surface area contributed by atoms with Crippen molar-refractivity contribution in [2.75, 3.05) is 0 Å². The van der Waals surface area contributed by atoms with Crippen molar-refractivity contribution < 1.29 is 31.4 Å². The fourth-order valence-electron chi connectivity index (χ4n) is 7.36. The van der Waals surface area contributed by atoms with Crippen LogP contribution in [0.15, 0.2) is 143 Å². The number of hydrogen-bond donors (Lipinski definition) is 0. The molecule has 55 heavy (non-hydrogen) atoms. The van der Waals surface area contributed by atoms with Gasteiger partial charge in [0.25, 0.3) is 0 Å². The fraction of sp³-hybridized carbons (Fsp3) is 0.200. The molecule has 9 rings (SSSR count). The average molecular weight is 961 g/mol. The van der Waals surface area contributed by atoms with E-state index in [9.17, 15) is 0 Å². The van der Waals surface area contributed by atoms with Gasteiger partial charge in [0.15, 0.2) is 0 Å². The number of hydrogen-bond acceptors (Lipinski definition) is 3. The largest absolute Gasteiger partial charge is 0.501 e. The predicted octanol–water partition coefficient (Wildman–Crippen LogP) is 12.8. The van der Waals surface area contributed by atoms with Crippen LogP contribution in [-0.2, 0) is 26.5 Å². The molecule has 0 fully saturated rings. The summed E-state index contributed by atoms with van der Waals surface area (Å²) in [5, 5.41) is 4.71. The second kappa shape index (κ2) is 15.5. The van der Waals surface area contributed by atoms with Crippen LogP contribution in [0, 0.1) is 24.4 Å². The summed E-state index contributed by atoms with van der Waals surface area (Å²) in [5.41, 5.74) is 8.82. The standard InChI is InChI=1S/C30H18NO.C20H28GeN.Ir/c1-2-11-20-19(9-1)10-7-14-22(20)28-24-13-3-5-17-26(24)31-29(28)25-16-8-15-23-21-12-4-6-18-27(21)32-30(23)25;1-15-8-10-16(11-9-15)19-12-17(13-20(2,3)4)18(14-22-19)21(5,6)7;/h1-15,17-18,28H;8-10,12,14H,13H2,1-7H3;/q2*-1;/i;1D3,13D2;. The molecule has 8 aromatic rings. The molecule has 0 N–H and O–H groups in total. The van der Waals surface area contributed by atoms with E-state index in [2.05, 4.69) is 119 Å². The quantitative estimate of drug-likeness (QED) is 0.127. The molecule has 0 spiro atoms. The zero-order valence-corrected chi connectivity index (χ0v) is 36.4. The molecule has 6 aromatic carbocycles. The van der Waals surface area contributed by atoms with Crippen molar-refractivity contribution in [3.05, 3.63) is 174 Å². The van der Waals surface area contributed by atoms with E-state index < -0.39 is 31.9 Å². The third-order valence-corrected chi connectivity index (χ3v) is 14.0. The third kappa shape index (κ3) is 7.91. The average Bonchev–Trinajstić information content (AvgIpc) is 3.79. The fourth-order valence-corrected chi connectivity index (χ4v) is 10.3. The maximum absolute atomic E-state index is 8.80. The number of furan rings is 1. The second-order valence-corrected chi connectivity index (χ2v) is 26.6. The van der Waals surface area contributed by atoms with E-state index in [-0.39, 0.29) is 31.6 Å². The number of para-hydroxylation sites is 2. The molecule has 0 amide bonds. The van der Waals surface area contributed by atoms with Crippen LogP contribution < -0.4 is 4.40 Å². The Morgan fingerprint density at radius 2 is 1.53 bits per heavy atom. The number of aliphatic imine (C=N–C) groups is 1. The minimum absolute atomic E-state index is 0. The van der Waals surface area contributed by atoms with E-state index in [1.54, 1.807) is 12.1 Å². The van der Waals surface area contributed by atoms with E-state index in [0.29, 0.717) is 16.8 Å². The Hall–Kier alpha value is -4.61. The van der Waals surface area contributed by atoms with Gasteiger partial charge in [-0.05, 0) is 39.7 Å². The van der Waals surface area contributed by atoms with Gasteiger partial charge in [0.1, 0.15) is 5.58 Å². The Bertz CT molecular complexity index is 2880. The topological polar surface area (TPSA) is 38.4 Å². The molecule has 1 aliphatic rings. The number of fused-ring (bicyclic) bond motifs is 5. The molecule has 0 saturated heterocycles. The Morgan fingerprint density at radius 1 is 0.800 bits per heavy atom. The molecule has 0 aliphatic carbocycles. The van der Waals surface area contributed by atoms with E-state index in [1.807, 2.05) is 51.2 Å². The number of aromatic nitrogens is 1. The summed E-state index contributed by atoms with van der Waals surface area (Å²) >= 11 is -2.36. The minimum Gasteiger partial charge on any atom is -0.501 e. The van der Waals surface area contributed by atoms with E-state index in [4.69, 9.17) is 16.3 Å². The van der Waals surface area contributed by atoms with Gasteiger partial charge in [0.2, 0.25) is 0 Å². The Balaban J connectivity index is 0.000000182. The Morgan fingerprint density at radius 3 is 2.29 bits per heavy atom. The molecule has 3 heterocycles. The van der Waals surface area contributed by atoms with Crippen LogP contribution in [0.25, 0.3) is 44.0 Å². The van der Waals surface area contributed by atoms with Gasteiger partial charge in [-0.1, -0.05) is 89.8 Å². The zero-order valence-electron chi connectivity index (χ0n) is 36.9. The Labute approximate surface area is 348 Å². The molecular weight excluding hydrogens is 909 g/mol. The Kier molecular flexibility index (Phi) is 9.19. The van der Waals surface area contributed by atoms with Gasteiger partial charge >= 0.3 is 145 Å². The summed E-state index contributed by atoms with van der Waals surface area (Å²) < 4.78 is 47.5. The third-order valence-electron chi connectivity index (χ3n) is 9.80. The van der Waals surface area contributed by atoms with Gasteiger partial charge in [-0.2, -0.15) is 0 Å². The van der Waals surface area contributed by atoms with Crippen LogP contribution >= 0.6 is 0 Å².